The number of benzene rings is 2. The van der Waals surface area contributed by atoms with Gasteiger partial charge in [0.2, 0.25) is 0 Å². The van der Waals surface area contributed by atoms with Crippen molar-refractivity contribution in [1.29, 1.82) is 0 Å². The molecule has 0 aliphatic heterocycles. The number of rotatable bonds is 5. The van der Waals surface area contributed by atoms with Crippen molar-refractivity contribution in [2.75, 3.05) is 7.11 Å². The average molecular weight is 343 g/mol. The zero-order chi connectivity index (χ0) is 17.1. The SMILES string of the molecule is COc1ccc(Cn2ncc(C(O)c3ccc(Cl)cc3)c2C)cc1. The van der Waals surface area contributed by atoms with Crippen LogP contribution in [0.2, 0.25) is 5.02 Å². The number of hydrogen-bond donors (Lipinski definition) is 1. The molecule has 3 aromatic rings. The van der Waals surface area contributed by atoms with E-state index in [9.17, 15) is 5.11 Å². The van der Waals surface area contributed by atoms with Crippen LogP contribution in [0.4, 0.5) is 0 Å². The molecule has 0 saturated heterocycles. The lowest BCUT2D eigenvalue weighted by atomic mass is 10.0. The molecular weight excluding hydrogens is 324 g/mol. The molecule has 0 bridgehead atoms. The van der Waals surface area contributed by atoms with Crippen molar-refractivity contribution >= 4 is 11.6 Å². The molecule has 1 aromatic heterocycles. The van der Waals surface area contributed by atoms with Gasteiger partial charge in [0.1, 0.15) is 11.9 Å². The van der Waals surface area contributed by atoms with E-state index in [1.165, 1.54) is 0 Å². The van der Waals surface area contributed by atoms with Crippen LogP contribution in [0.25, 0.3) is 0 Å². The van der Waals surface area contributed by atoms with Crippen LogP contribution in [-0.4, -0.2) is 22.0 Å². The maximum atomic E-state index is 10.6. The minimum atomic E-state index is -0.716. The Bertz CT molecular complexity index is 810. The van der Waals surface area contributed by atoms with E-state index >= 15 is 0 Å². The van der Waals surface area contributed by atoms with Crippen LogP contribution in [0.5, 0.6) is 5.75 Å². The fourth-order valence-electron chi connectivity index (χ4n) is 2.62. The van der Waals surface area contributed by atoms with Gasteiger partial charge in [-0.05, 0) is 42.3 Å². The summed E-state index contributed by atoms with van der Waals surface area (Å²) < 4.78 is 7.06. The van der Waals surface area contributed by atoms with Crippen molar-refractivity contribution in [1.82, 2.24) is 9.78 Å². The van der Waals surface area contributed by atoms with E-state index in [-0.39, 0.29) is 0 Å². The maximum Gasteiger partial charge on any atom is 0.118 e. The Hall–Kier alpha value is -2.30. The highest BCUT2D eigenvalue weighted by Crippen LogP contribution is 2.26. The van der Waals surface area contributed by atoms with Gasteiger partial charge in [-0.15, -0.1) is 0 Å². The fourth-order valence-corrected chi connectivity index (χ4v) is 2.74. The predicted molar refractivity (Wildman–Crippen MR) is 94.6 cm³/mol. The van der Waals surface area contributed by atoms with Crippen molar-refractivity contribution in [3.63, 3.8) is 0 Å². The van der Waals surface area contributed by atoms with E-state index in [0.717, 1.165) is 28.1 Å². The normalized spacial score (nSPS) is 12.2. The number of hydrogen-bond acceptors (Lipinski definition) is 3. The Kier molecular flexibility index (Phi) is 4.88. The summed E-state index contributed by atoms with van der Waals surface area (Å²) in [6, 6.07) is 15.1. The highest BCUT2D eigenvalue weighted by atomic mass is 35.5. The topological polar surface area (TPSA) is 47.3 Å². The lowest BCUT2D eigenvalue weighted by molar-refractivity contribution is 0.219. The van der Waals surface area contributed by atoms with Gasteiger partial charge in [-0.2, -0.15) is 5.10 Å². The van der Waals surface area contributed by atoms with Crippen LogP contribution in [0.15, 0.2) is 54.7 Å². The summed E-state index contributed by atoms with van der Waals surface area (Å²) in [5, 5.41) is 15.7. The molecule has 0 fully saturated rings. The number of aliphatic hydroxyl groups excluding tert-OH is 1. The third-order valence-electron chi connectivity index (χ3n) is 4.11. The first kappa shape index (κ1) is 16.6. The predicted octanol–water partition coefficient (Wildman–Crippen LogP) is 3.98. The van der Waals surface area contributed by atoms with Crippen LogP contribution in [0.1, 0.15) is 28.5 Å². The lowest BCUT2D eigenvalue weighted by Gasteiger charge is -2.12. The number of halogens is 1. The van der Waals surface area contributed by atoms with E-state index < -0.39 is 6.10 Å². The summed E-state index contributed by atoms with van der Waals surface area (Å²) in [7, 11) is 1.65. The average Bonchev–Trinajstić information content (AvgIpc) is 2.96. The zero-order valence-electron chi connectivity index (χ0n) is 13.6. The van der Waals surface area contributed by atoms with Gasteiger partial charge >= 0.3 is 0 Å². The molecule has 0 spiro atoms. The second-order valence-electron chi connectivity index (χ2n) is 5.65. The van der Waals surface area contributed by atoms with Crippen molar-refractivity contribution < 1.29 is 9.84 Å². The van der Waals surface area contributed by atoms with Crippen molar-refractivity contribution in [3.8, 4) is 5.75 Å². The van der Waals surface area contributed by atoms with Crippen LogP contribution >= 0.6 is 11.6 Å². The first-order valence-corrected chi connectivity index (χ1v) is 8.05. The second kappa shape index (κ2) is 7.07. The molecule has 0 amide bonds. The van der Waals surface area contributed by atoms with E-state index in [1.54, 1.807) is 25.4 Å². The Morgan fingerprint density at radius 3 is 2.42 bits per heavy atom. The molecule has 0 saturated carbocycles. The van der Waals surface area contributed by atoms with Crippen molar-refractivity contribution in [3.05, 3.63) is 82.1 Å². The van der Waals surface area contributed by atoms with Crippen LogP contribution in [0, 0.1) is 6.92 Å². The Morgan fingerprint density at radius 1 is 1.12 bits per heavy atom. The highest BCUT2D eigenvalue weighted by molar-refractivity contribution is 6.30. The summed E-state index contributed by atoms with van der Waals surface area (Å²) in [6.45, 7) is 2.61. The summed E-state index contributed by atoms with van der Waals surface area (Å²) in [5.74, 6) is 0.829. The first-order chi connectivity index (χ1) is 11.6. The van der Waals surface area contributed by atoms with Gasteiger partial charge in [0, 0.05) is 16.3 Å². The molecule has 1 unspecified atom stereocenters. The van der Waals surface area contributed by atoms with Gasteiger partial charge < -0.3 is 9.84 Å². The van der Waals surface area contributed by atoms with Gasteiger partial charge in [-0.3, -0.25) is 4.68 Å². The zero-order valence-corrected chi connectivity index (χ0v) is 14.4. The Morgan fingerprint density at radius 2 is 1.79 bits per heavy atom. The molecule has 3 rings (SSSR count). The monoisotopic (exact) mass is 342 g/mol. The summed E-state index contributed by atoms with van der Waals surface area (Å²) >= 11 is 5.90. The largest absolute Gasteiger partial charge is 0.497 e. The summed E-state index contributed by atoms with van der Waals surface area (Å²) in [4.78, 5) is 0. The van der Waals surface area contributed by atoms with E-state index in [1.807, 2.05) is 48.0 Å². The molecule has 1 atom stereocenters. The van der Waals surface area contributed by atoms with Crippen molar-refractivity contribution in [2.45, 2.75) is 19.6 Å². The third kappa shape index (κ3) is 3.45. The van der Waals surface area contributed by atoms with Crippen LogP contribution in [-0.2, 0) is 6.54 Å². The molecule has 2 aromatic carbocycles. The van der Waals surface area contributed by atoms with Gasteiger partial charge in [-0.1, -0.05) is 35.9 Å². The minimum absolute atomic E-state index is 0.642. The molecule has 5 heteroatoms. The Labute approximate surface area is 146 Å². The molecule has 4 nitrogen and oxygen atoms in total. The standard InChI is InChI=1S/C19H19ClN2O2/c1-13-18(19(23)15-5-7-16(20)8-6-15)11-21-22(13)12-14-3-9-17(24-2)10-4-14/h3-11,19,23H,12H2,1-2H3. The molecule has 0 aliphatic rings. The molecule has 124 valence electrons. The Balaban J connectivity index is 1.81. The molecule has 0 radical (unpaired) electrons. The lowest BCUT2D eigenvalue weighted by Crippen LogP contribution is -2.06. The number of aliphatic hydroxyl groups is 1. The van der Waals surface area contributed by atoms with Gasteiger partial charge in [0.25, 0.3) is 0 Å². The van der Waals surface area contributed by atoms with Crippen LogP contribution in [0.3, 0.4) is 0 Å². The minimum Gasteiger partial charge on any atom is -0.497 e. The van der Waals surface area contributed by atoms with Gasteiger partial charge in [0.05, 0.1) is 19.9 Å². The highest BCUT2D eigenvalue weighted by Gasteiger charge is 2.17. The van der Waals surface area contributed by atoms with Gasteiger partial charge in [0.15, 0.2) is 0 Å². The number of aromatic nitrogens is 2. The molecular formula is C19H19ClN2O2. The number of nitrogens with zero attached hydrogens (tertiary/aromatic N) is 2. The number of methoxy groups -OCH3 is 1. The van der Waals surface area contributed by atoms with E-state index in [4.69, 9.17) is 16.3 Å². The third-order valence-corrected chi connectivity index (χ3v) is 4.36. The molecule has 1 heterocycles. The molecule has 1 N–H and O–H groups in total. The quantitative estimate of drug-likeness (QED) is 0.762. The molecule has 24 heavy (non-hydrogen) atoms. The summed E-state index contributed by atoms with van der Waals surface area (Å²) in [6.07, 6.45) is 1.00. The first-order valence-electron chi connectivity index (χ1n) is 7.67. The smallest absolute Gasteiger partial charge is 0.118 e. The van der Waals surface area contributed by atoms with Crippen molar-refractivity contribution in [2.24, 2.45) is 0 Å². The number of ether oxygens (including phenoxy) is 1. The van der Waals surface area contributed by atoms with Crippen LogP contribution < -0.4 is 4.74 Å². The van der Waals surface area contributed by atoms with E-state index in [2.05, 4.69) is 5.10 Å². The maximum absolute atomic E-state index is 10.6. The van der Waals surface area contributed by atoms with E-state index in [0.29, 0.717) is 11.6 Å². The summed E-state index contributed by atoms with van der Waals surface area (Å²) in [5.41, 5.74) is 3.65. The fraction of sp³-hybridized carbons (Fsp3) is 0.211. The second-order valence-corrected chi connectivity index (χ2v) is 6.08. The molecule has 0 aliphatic carbocycles. The van der Waals surface area contributed by atoms with Gasteiger partial charge in [-0.25, -0.2) is 0 Å².